The van der Waals surface area contributed by atoms with Crippen molar-refractivity contribution in [3.63, 3.8) is 0 Å². The van der Waals surface area contributed by atoms with Crippen molar-refractivity contribution in [3.8, 4) is 17.0 Å². The number of hydrogen-bond donors (Lipinski definition) is 0. The monoisotopic (exact) mass is 463 g/mol. The highest BCUT2D eigenvalue weighted by atomic mass is 16.5. The average molecular weight is 464 g/mol. The van der Waals surface area contributed by atoms with Crippen molar-refractivity contribution in [1.82, 2.24) is 24.5 Å². The summed E-state index contributed by atoms with van der Waals surface area (Å²) in [6.07, 6.45) is 3.89. The lowest BCUT2D eigenvalue weighted by Crippen LogP contribution is -2.39. The van der Waals surface area contributed by atoms with E-state index in [0.29, 0.717) is 12.1 Å². The molecule has 5 aromatic rings. The van der Waals surface area contributed by atoms with Crippen molar-refractivity contribution < 1.29 is 9.53 Å². The van der Waals surface area contributed by atoms with Crippen LogP contribution in [0.25, 0.3) is 27.8 Å². The van der Waals surface area contributed by atoms with Crippen LogP contribution in [-0.4, -0.2) is 50.6 Å². The topological polar surface area (TPSA) is 72.6 Å². The van der Waals surface area contributed by atoms with Gasteiger partial charge in [-0.1, -0.05) is 24.3 Å². The fourth-order valence-corrected chi connectivity index (χ4v) is 4.94. The van der Waals surface area contributed by atoms with Crippen LogP contribution in [0.3, 0.4) is 0 Å². The molecule has 1 saturated heterocycles. The third kappa shape index (κ3) is 3.89. The minimum Gasteiger partial charge on any atom is -0.497 e. The number of pyridine rings is 2. The van der Waals surface area contributed by atoms with Crippen LogP contribution >= 0.6 is 0 Å². The maximum absolute atomic E-state index is 13.9. The SMILES string of the molecule is COc1ccc(-c2cc(C(=O)N3CCCC(c4nnc5ccccn45)C3)c3ccccc3n2)cc1. The van der Waals surface area contributed by atoms with E-state index in [2.05, 4.69) is 10.2 Å². The summed E-state index contributed by atoms with van der Waals surface area (Å²) in [7, 11) is 1.65. The first-order chi connectivity index (χ1) is 17.2. The largest absolute Gasteiger partial charge is 0.497 e. The van der Waals surface area contributed by atoms with Gasteiger partial charge in [-0.3, -0.25) is 9.20 Å². The zero-order valence-corrected chi connectivity index (χ0v) is 19.5. The lowest BCUT2D eigenvalue weighted by atomic mass is 9.95. The summed E-state index contributed by atoms with van der Waals surface area (Å²) in [5.74, 6) is 1.86. The highest BCUT2D eigenvalue weighted by Crippen LogP contribution is 2.30. The second-order valence-electron chi connectivity index (χ2n) is 8.88. The van der Waals surface area contributed by atoms with E-state index in [1.807, 2.05) is 88.3 Å². The first-order valence-electron chi connectivity index (χ1n) is 11.8. The third-order valence-corrected chi connectivity index (χ3v) is 6.75. The number of fused-ring (bicyclic) bond motifs is 2. The van der Waals surface area contributed by atoms with Crippen molar-refractivity contribution in [3.05, 3.63) is 90.4 Å². The third-order valence-electron chi connectivity index (χ3n) is 6.75. The fraction of sp³-hybridized carbons (Fsp3) is 0.214. The van der Waals surface area contributed by atoms with Crippen LogP contribution in [0.15, 0.2) is 79.0 Å². The van der Waals surface area contributed by atoms with E-state index >= 15 is 0 Å². The number of carbonyl (C=O) groups excluding carboxylic acids is 1. The number of amides is 1. The van der Waals surface area contributed by atoms with Crippen molar-refractivity contribution in [2.75, 3.05) is 20.2 Å². The standard InChI is InChI=1S/C28H25N5O2/c1-35-21-13-11-19(12-14-21)25-17-23(22-8-2-3-9-24(22)29-25)28(34)32-15-6-7-20(18-32)27-31-30-26-10-4-5-16-33(26)27/h2-5,8-14,16-17,20H,6-7,15,18H2,1H3. The van der Waals surface area contributed by atoms with Crippen molar-refractivity contribution in [2.24, 2.45) is 0 Å². The van der Waals surface area contributed by atoms with Gasteiger partial charge in [-0.2, -0.15) is 0 Å². The van der Waals surface area contributed by atoms with E-state index in [1.165, 1.54) is 0 Å². The second kappa shape index (κ2) is 8.83. The molecule has 1 fully saturated rings. The van der Waals surface area contributed by atoms with Crippen molar-refractivity contribution >= 4 is 22.5 Å². The molecule has 174 valence electrons. The number of hydrogen-bond acceptors (Lipinski definition) is 5. The molecule has 3 aromatic heterocycles. The number of benzene rings is 2. The molecule has 4 heterocycles. The lowest BCUT2D eigenvalue weighted by molar-refractivity contribution is 0.0706. The molecule has 2 aromatic carbocycles. The molecule has 7 heteroatoms. The van der Waals surface area contributed by atoms with Gasteiger partial charge in [0.25, 0.3) is 5.91 Å². The highest BCUT2D eigenvalue weighted by molar-refractivity contribution is 6.07. The molecule has 1 aliphatic heterocycles. The van der Waals surface area contributed by atoms with Crippen LogP contribution in [0.2, 0.25) is 0 Å². The van der Waals surface area contributed by atoms with Crippen molar-refractivity contribution in [1.29, 1.82) is 0 Å². The van der Waals surface area contributed by atoms with E-state index in [1.54, 1.807) is 7.11 Å². The Kier molecular flexibility index (Phi) is 5.37. The van der Waals surface area contributed by atoms with Gasteiger partial charge in [-0.25, -0.2) is 4.98 Å². The summed E-state index contributed by atoms with van der Waals surface area (Å²) in [6.45, 7) is 1.34. The maximum Gasteiger partial charge on any atom is 0.254 e. The molecule has 7 nitrogen and oxygen atoms in total. The molecular weight excluding hydrogens is 438 g/mol. The number of para-hydroxylation sites is 1. The Bertz CT molecular complexity index is 1530. The van der Waals surface area contributed by atoms with E-state index in [0.717, 1.165) is 58.8 Å². The number of nitrogens with zero attached hydrogens (tertiary/aromatic N) is 5. The van der Waals surface area contributed by atoms with Gasteiger partial charge in [0.05, 0.1) is 23.9 Å². The Morgan fingerprint density at radius 1 is 1.00 bits per heavy atom. The van der Waals surface area contributed by atoms with E-state index < -0.39 is 0 Å². The van der Waals surface area contributed by atoms with Crippen molar-refractivity contribution in [2.45, 2.75) is 18.8 Å². The van der Waals surface area contributed by atoms with Gasteiger partial charge in [0.2, 0.25) is 0 Å². The summed E-state index contributed by atoms with van der Waals surface area (Å²) in [5.41, 5.74) is 4.02. The molecule has 1 unspecified atom stereocenters. The summed E-state index contributed by atoms with van der Waals surface area (Å²) < 4.78 is 7.32. The Morgan fingerprint density at radius 2 is 1.83 bits per heavy atom. The van der Waals surface area contributed by atoms with Gasteiger partial charge in [-0.15, -0.1) is 10.2 Å². The molecule has 6 rings (SSSR count). The summed E-state index contributed by atoms with van der Waals surface area (Å²) in [5, 5.41) is 9.64. The first kappa shape index (κ1) is 21.3. The number of piperidine rings is 1. The average Bonchev–Trinajstić information content (AvgIpc) is 3.36. The fourth-order valence-electron chi connectivity index (χ4n) is 4.94. The molecule has 35 heavy (non-hydrogen) atoms. The summed E-state index contributed by atoms with van der Waals surface area (Å²) in [4.78, 5) is 20.7. The number of carbonyl (C=O) groups is 1. The zero-order chi connectivity index (χ0) is 23.8. The van der Waals surface area contributed by atoms with Crippen LogP contribution in [0.5, 0.6) is 5.75 Å². The van der Waals surface area contributed by atoms with E-state index in [9.17, 15) is 4.79 Å². The Hall–Kier alpha value is -4.26. The van der Waals surface area contributed by atoms with Crippen LogP contribution in [0, 0.1) is 0 Å². The van der Waals surface area contributed by atoms with Gasteiger partial charge in [0, 0.05) is 36.2 Å². The lowest BCUT2D eigenvalue weighted by Gasteiger charge is -2.32. The zero-order valence-electron chi connectivity index (χ0n) is 19.5. The van der Waals surface area contributed by atoms with Gasteiger partial charge in [0.15, 0.2) is 5.65 Å². The van der Waals surface area contributed by atoms with Gasteiger partial charge in [-0.05, 0) is 61.4 Å². The molecule has 1 atom stereocenters. The van der Waals surface area contributed by atoms with Crippen LogP contribution < -0.4 is 4.74 Å². The minimum atomic E-state index is 0.0249. The van der Waals surface area contributed by atoms with E-state index in [4.69, 9.17) is 9.72 Å². The van der Waals surface area contributed by atoms with Gasteiger partial charge >= 0.3 is 0 Å². The molecule has 0 saturated carbocycles. The number of rotatable bonds is 4. The predicted molar refractivity (Wildman–Crippen MR) is 135 cm³/mol. The molecule has 1 aliphatic rings. The summed E-state index contributed by atoms with van der Waals surface area (Å²) in [6, 6.07) is 23.4. The number of methoxy groups -OCH3 is 1. The number of likely N-dealkylation sites (tertiary alicyclic amines) is 1. The first-order valence-corrected chi connectivity index (χ1v) is 11.8. The second-order valence-corrected chi connectivity index (χ2v) is 8.88. The normalized spacial score (nSPS) is 16.0. The van der Waals surface area contributed by atoms with Crippen LogP contribution in [0.4, 0.5) is 0 Å². The molecular formula is C28H25N5O2. The minimum absolute atomic E-state index is 0.0249. The quantitative estimate of drug-likeness (QED) is 0.376. The van der Waals surface area contributed by atoms with Gasteiger partial charge < -0.3 is 9.64 Å². The van der Waals surface area contributed by atoms with Crippen LogP contribution in [0.1, 0.15) is 34.9 Å². The predicted octanol–water partition coefficient (Wildman–Crippen LogP) is 4.97. The number of ether oxygens (including phenoxy) is 1. The smallest absolute Gasteiger partial charge is 0.254 e. The Morgan fingerprint density at radius 3 is 2.69 bits per heavy atom. The molecule has 1 amide bonds. The molecule has 0 radical (unpaired) electrons. The Balaban J connectivity index is 1.36. The summed E-state index contributed by atoms with van der Waals surface area (Å²) >= 11 is 0. The van der Waals surface area contributed by atoms with Gasteiger partial charge in [0.1, 0.15) is 11.6 Å². The molecule has 0 spiro atoms. The van der Waals surface area contributed by atoms with Crippen LogP contribution in [-0.2, 0) is 0 Å². The molecule has 0 N–H and O–H groups in total. The number of aromatic nitrogens is 4. The molecule has 0 bridgehead atoms. The molecule has 0 aliphatic carbocycles. The maximum atomic E-state index is 13.9. The van der Waals surface area contributed by atoms with E-state index in [-0.39, 0.29) is 11.8 Å². The Labute approximate surface area is 203 Å². The highest BCUT2D eigenvalue weighted by Gasteiger charge is 2.29.